The molecule has 1 aliphatic rings. The fourth-order valence-corrected chi connectivity index (χ4v) is 3.41. The molecule has 0 saturated heterocycles. The van der Waals surface area contributed by atoms with Gasteiger partial charge in [0.1, 0.15) is 5.75 Å². The number of nitrogens with two attached hydrogens (primary N) is 1. The summed E-state index contributed by atoms with van der Waals surface area (Å²) in [5.74, 6) is 0.980. The normalized spacial score (nSPS) is 16.6. The van der Waals surface area contributed by atoms with Crippen LogP contribution in [0.15, 0.2) is 24.3 Å². The van der Waals surface area contributed by atoms with Crippen molar-refractivity contribution in [2.45, 2.75) is 77.2 Å². The number of fused-ring (bicyclic) bond motifs is 1. The van der Waals surface area contributed by atoms with E-state index in [-0.39, 0.29) is 6.61 Å². The summed E-state index contributed by atoms with van der Waals surface area (Å²) in [6.45, 7) is 4.95. The molecule has 0 heterocycles. The second-order valence-corrected chi connectivity index (χ2v) is 7.69. The molecule has 2 rings (SSSR count). The van der Waals surface area contributed by atoms with Crippen molar-refractivity contribution in [1.29, 1.82) is 0 Å². The van der Waals surface area contributed by atoms with E-state index < -0.39 is 5.54 Å². The molecule has 0 aromatic heterocycles. The number of hydrogen-bond acceptors (Lipinski definition) is 3. The Morgan fingerprint density at radius 3 is 2.76 bits per heavy atom. The second kappa shape index (κ2) is 9.98. The maximum Gasteiger partial charge on any atom is 0.119 e. The molecule has 0 amide bonds. The van der Waals surface area contributed by atoms with Crippen molar-refractivity contribution < 1.29 is 9.84 Å². The fraction of sp³-hybridized carbons (Fsp3) is 0.636. The molecule has 3 heteroatoms. The van der Waals surface area contributed by atoms with Gasteiger partial charge in [0.25, 0.3) is 0 Å². The minimum absolute atomic E-state index is 0.00109. The van der Waals surface area contributed by atoms with Crippen LogP contribution in [0.25, 0.3) is 5.57 Å². The third-order valence-corrected chi connectivity index (χ3v) is 4.94. The lowest BCUT2D eigenvalue weighted by Gasteiger charge is -2.24. The molecule has 1 aromatic carbocycles. The Bertz CT molecular complexity index is 563. The molecule has 0 bridgehead atoms. The third-order valence-electron chi connectivity index (χ3n) is 4.94. The predicted octanol–water partition coefficient (Wildman–Crippen LogP) is 4.86. The van der Waals surface area contributed by atoms with Gasteiger partial charge in [-0.25, -0.2) is 0 Å². The van der Waals surface area contributed by atoms with Gasteiger partial charge in [-0.05, 0) is 67.9 Å². The molecule has 1 aromatic rings. The first-order valence-corrected chi connectivity index (χ1v) is 9.90. The molecule has 3 nitrogen and oxygen atoms in total. The highest BCUT2D eigenvalue weighted by molar-refractivity contribution is 5.70. The summed E-state index contributed by atoms with van der Waals surface area (Å²) in [5, 5.41) is 9.49. The highest BCUT2D eigenvalue weighted by Gasteiger charge is 2.22. The molecular weight excluding hydrogens is 310 g/mol. The highest BCUT2D eigenvalue weighted by atomic mass is 16.5. The Labute approximate surface area is 153 Å². The zero-order chi connectivity index (χ0) is 18.1. The molecular formula is C22H35NO2. The zero-order valence-electron chi connectivity index (χ0n) is 16.0. The lowest BCUT2D eigenvalue weighted by molar-refractivity contribution is 0.212. The number of aliphatic hydroxyl groups is 1. The second-order valence-electron chi connectivity index (χ2n) is 7.69. The number of unbranched alkanes of at least 4 members (excludes halogenated alkanes) is 4. The van der Waals surface area contributed by atoms with E-state index in [2.05, 4.69) is 31.2 Å². The van der Waals surface area contributed by atoms with Crippen LogP contribution >= 0.6 is 0 Å². The van der Waals surface area contributed by atoms with E-state index in [1.165, 1.54) is 42.4 Å². The van der Waals surface area contributed by atoms with E-state index in [0.29, 0.717) is 6.42 Å². The first-order valence-electron chi connectivity index (χ1n) is 9.90. The van der Waals surface area contributed by atoms with Gasteiger partial charge < -0.3 is 15.6 Å². The van der Waals surface area contributed by atoms with Crippen LogP contribution < -0.4 is 10.5 Å². The van der Waals surface area contributed by atoms with Crippen LogP contribution in [0.4, 0.5) is 0 Å². The largest absolute Gasteiger partial charge is 0.494 e. The van der Waals surface area contributed by atoms with Crippen LogP contribution in [0.3, 0.4) is 0 Å². The molecule has 0 radical (unpaired) electrons. The Kier molecular flexibility index (Phi) is 7.98. The molecule has 1 atom stereocenters. The summed E-state index contributed by atoms with van der Waals surface area (Å²) in [6.07, 6.45) is 12.6. The lowest BCUT2D eigenvalue weighted by Crippen LogP contribution is -2.40. The van der Waals surface area contributed by atoms with Gasteiger partial charge in [0, 0.05) is 5.54 Å². The smallest absolute Gasteiger partial charge is 0.119 e. The van der Waals surface area contributed by atoms with Crippen molar-refractivity contribution >= 4 is 5.57 Å². The average Bonchev–Trinajstić information content (AvgIpc) is 2.79. The fourth-order valence-electron chi connectivity index (χ4n) is 3.41. The van der Waals surface area contributed by atoms with Crippen LogP contribution in [-0.2, 0) is 6.42 Å². The van der Waals surface area contributed by atoms with Crippen molar-refractivity contribution in [3.05, 3.63) is 35.4 Å². The van der Waals surface area contributed by atoms with Crippen molar-refractivity contribution in [2.75, 3.05) is 13.2 Å². The topological polar surface area (TPSA) is 55.5 Å². The van der Waals surface area contributed by atoms with Gasteiger partial charge in [-0.2, -0.15) is 0 Å². The predicted molar refractivity (Wildman–Crippen MR) is 106 cm³/mol. The van der Waals surface area contributed by atoms with Gasteiger partial charge >= 0.3 is 0 Å². The molecule has 0 saturated carbocycles. The van der Waals surface area contributed by atoms with Crippen molar-refractivity contribution in [2.24, 2.45) is 5.73 Å². The number of hydrogen-bond donors (Lipinski definition) is 2. The third kappa shape index (κ3) is 6.48. The van der Waals surface area contributed by atoms with Crippen LogP contribution in [0.2, 0.25) is 0 Å². The monoisotopic (exact) mass is 345 g/mol. The number of rotatable bonds is 10. The van der Waals surface area contributed by atoms with E-state index >= 15 is 0 Å². The van der Waals surface area contributed by atoms with Crippen LogP contribution in [0.5, 0.6) is 5.75 Å². The molecule has 1 aliphatic carbocycles. The number of aryl methyl sites for hydroxylation is 1. The minimum Gasteiger partial charge on any atom is -0.494 e. The number of aliphatic hydroxyl groups excluding tert-OH is 1. The molecule has 140 valence electrons. The van der Waals surface area contributed by atoms with E-state index in [0.717, 1.165) is 38.0 Å². The highest BCUT2D eigenvalue weighted by Crippen LogP contribution is 2.33. The summed E-state index contributed by atoms with van der Waals surface area (Å²) < 4.78 is 5.97. The van der Waals surface area contributed by atoms with E-state index in [1.807, 2.05) is 6.92 Å². The number of benzene rings is 1. The molecule has 3 N–H and O–H groups in total. The summed E-state index contributed by atoms with van der Waals surface area (Å²) in [5.41, 5.74) is 9.50. The van der Waals surface area contributed by atoms with Gasteiger partial charge in [-0.15, -0.1) is 0 Å². The lowest BCUT2D eigenvalue weighted by atomic mass is 9.88. The summed E-state index contributed by atoms with van der Waals surface area (Å²) in [6, 6.07) is 6.45. The van der Waals surface area contributed by atoms with Crippen molar-refractivity contribution in [1.82, 2.24) is 0 Å². The maximum absolute atomic E-state index is 9.49. The Hall–Kier alpha value is -1.32. The Morgan fingerprint density at radius 1 is 1.20 bits per heavy atom. The van der Waals surface area contributed by atoms with Crippen LogP contribution in [0, 0.1) is 0 Å². The van der Waals surface area contributed by atoms with Crippen molar-refractivity contribution in [3.63, 3.8) is 0 Å². The van der Waals surface area contributed by atoms with Gasteiger partial charge in [0.05, 0.1) is 13.2 Å². The molecule has 0 spiro atoms. The quantitative estimate of drug-likeness (QED) is 0.596. The van der Waals surface area contributed by atoms with Gasteiger partial charge in [0.15, 0.2) is 0 Å². The summed E-state index contributed by atoms with van der Waals surface area (Å²) in [7, 11) is 0. The summed E-state index contributed by atoms with van der Waals surface area (Å²) >= 11 is 0. The minimum atomic E-state index is -0.568. The van der Waals surface area contributed by atoms with Crippen molar-refractivity contribution in [3.8, 4) is 5.75 Å². The number of allylic oxidation sites excluding steroid dienone is 1. The SMILES string of the molecule is CCCCCCCOc1ccc2c(c1)CCCC=C2C[C@@](C)(N)CO. The Balaban J connectivity index is 1.99. The molecule has 25 heavy (non-hydrogen) atoms. The van der Waals surface area contributed by atoms with Crippen LogP contribution in [0.1, 0.15) is 76.3 Å². The zero-order valence-corrected chi connectivity index (χ0v) is 16.0. The van der Waals surface area contributed by atoms with Gasteiger partial charge in [-0.1, -0.05) is 44.7 Å². The van der Waals surface area contributed by atoms with E-state index in [9.17, 15) is 5.11 Å². The van der Waals surface area contributed by atoms with E-state index in [4.69, 9.17) is 10.5 Å². The van der Waals surface area contributed by atoms with Gasteiger partial charge in [-0.3, -0.25) is 0 Å². The van der Waals surface area contributed by atoms with Gasteiger partial charge in [0.2, 0.25) is 0 Å². The van der Waals surface area contributed by atoms with E-state index in [1.54, 1.807) is 0 Å². The first-order chi connectivity index (χ1) is 12.1. The average molecular weight is 346 g/mol. The maximum atomic E-state index is 9.49. The molecule has 0 fully saturated rings. The first kappa shape index (κ1) is 20.0. The molecule has 0 unspecified atom stereocenters. The van der Waals surface area contributed by atoms with Crippen LogP contribution in [-0.4, -0.2) is 23.9 Å². The summed E-state index contributed by atoms with van der Waals surface area (Å²) in [4.78, 5) is 0. The Morgan fingerprint density at radius 2 is 2.00 bits per heavy atom. The number of ether oxygens (including phenoxy) is 1. The standard InChI is InChI=1S/C22H35NO2/c1-3-4-5-6-9-14-25-20-12-13-21-18(15-20)10-7-8-11-19(21)16-22(2,23)17-24/h11-13,15,24H,3-10,14,16-17,23H2,1-2H3/t22-/m1/s1. The molecule has 0 aliphatic heterocycles.